The number of carboxylic acid groups (broad SMARTS) is 1. The second kappa shape index (κ2) is 8.11. The van der Waals surface area contributed by atoms with Gasteiger partial charge in [0.1, 0.15) is 6.04 Å². The minimum Gasteiger partial charge on any atom is -0.480 e. The second-order valence-electron chi connectivity index (χ2n) is 5.10. The highest BCUT2D eigenvalue weighted by Gasteiger charge is 2.30. The monoisotopic (exact) mass is 255 g/mol. The summed E-state index contributed by atoms with van der Waals surface area (Å²) in [5.41, 5.74) is 0. The molecule has 1 rings (SSSR count). The summed E-state index contributed by atoms with van der Waals surface area (Å²) in [6.45, 7) is 2.75. The lowest BCUT2D eigenvalue weighted by molar-refractivity contribution is -0.150. The third kappa shape index (κ3) is 4.67. The van der Waals surface area contributed by atoms with Crippen LogP contribution in [0.2, 0.25) is 0 Å². The van der Waals surface area contributed by atoms with E-state index in [9.17, 15) is 14.7 Å². The number of nitrogens with zero attached hydrogens (tertiary/aromatic N) is 1. The lowest BCUT2D eigenvalue weighted by Gasteiger charge is -2.27. The summed E-state index contributed by atoms with van der Waals surface area (Å²) in [7, 11) is 0. The smallest absolute Gasteiger partial charge is 0.326 e. The Labute approximate surface area is 109 Å². The molecule has 0 aromatic rings. The molecule has 1 heterocycles. The number of hydrogen-bond acceptors (Lipinski definition) is 2. The van der Waals surface area contributed by atoms with Crippen molar-refractivity contribution in [2.45, 2.75) is 70.8 Å². The third-order valence-electron chi connectivity index (χ3n) is 3.60. The molecule has 0 aliphatic carbocycles. The summed E-state index contributed by atoms with van der Waals surface area (Å²) in [6, 6.07) is -0.592. The van der Waals surface area contributed by atoms with Gasteiger partial charge in [0.15, 0.2) is 0 Å². The molecule has 0 aromatic carbocycles. The van der Waals surface area contributed by atoms with Gasteiger partial charge in [0.25, 0.3) is 0 Å². The molecule has 4 nitrogen and oxygen atoms in total. The van der Waals surface area contributed by atoms with Crippen molar-refractivity contribution in [3.63, 3.8) is 0 Å². The molecule has 0 spiro atoms. The van der Waals surface area contributed by atoms with Gasteiger partial charge in [-0.2, -0.15) is 0 Å². The van der Waals surface area contributed by atoms with E-state index in [0.29, 0.717) is 19.4 Å². The number of carboxylic acids is 1. The SMILES string of the molecule is CCCCCCC(=O)N1CCCCCC1C(=O)O. The zero-order valence-corrected chi connectivity index (χ0v) is 11.4. The van der Waals surface area contributed by atoms with Gasteiger partial charge in [0, 0.05) is 13.0 Å². The highest BCUT2D eigenvalue weighted by molar-refractivity contribution is 5.83. The number of amides is 1. The fourth-order valence-corrected chi connectivity index (χ4v) is 2.51. The van der Waals surface area contributed by atoms with E-state index in [1.54, 1.807) is 4.90 Å². The van der Waals surface area contributed by atoms with Crippen molar-refractivity contribution in [1.82, 2.24) is 4.90 Å². The summed E-state index contributed by atoms with van der Waals surface area (Å²) in [5.74, 6) is -0.820. The molecular formula is C14H25NO3. The molecule has 1 amide bonds. The first-order valence-corrected chi connectivity index (χ1v) is 7.19. The predicted octanol–water partition coefficient (Wildman–Crippen LogP) is 2.81. The molecule has 1 N–H and O–H groups in total. The predicted molar refractivity (Wildman–Crippen MR) is 70.4 cm³/mol. The van der Waals surface area contributed by atoms with Gasteiger partial charge < -0.3 is 10.0 Å². The van der Waals surface area contributed by atoms with Gasteiger partial charge in [0.2, 0.25) is 5.91 Å². The van der Waals surface area contributed by atoms with Crippen LogP contribution >= 0.6 is 0 Å². The van der Waals surface area contributed by atoms with Crippen LogP contribution in [0.5, 0.6) is 0 Å². The van der Waals surface area contributed by atoms with Crippen LogP contribution in [0, 0.1) is 0 Å². The molecule has 1 unspecified atom stereocenters. The Kier molecular flexibility index (Phi) is 6.76. The van der Waals surface area contributed by atoms with Gasteiger partial charge in [-0.05, 0) is 19.3 Å². The van der Waals surface area contributed by atoms with E-state index in [0.717, 1.165) is 44.9 Å². The van der Waals surface area contributed by atoms with Gasteiger partial charge in [-0.25, -0.2) is 4.79 Å². The van der Waals surface area contributed by atoms with Crippen molar-refractivity contribution in [3.8, 4) is 0 Å². The van der Waals surface area contributed by atoms with Crippen molar-refractivity contribution in [2.75, 3.05) is 6.54 Å². The maximum absolute atomic E-state index is 12.1. The topological polar surface area (TPSA) is 57.6 Å². The summed E-state index contributed by atoms with van der Waals surface area (Å²) >= 11 is 0. The van der Waals surface area contributed by atoms with Gasteiger partial charge in [-0.1, -0.05) is 39.0 Å². The molecule has 4 heteroatoms. The third-order valence-corrected chi connectivity index (χ3v) is 3.60. The maximum Gasteiger partial charge on any atom is 0.326 e. The van der Waals surface area contributed by atoms with Crippen LogP contribution in [0.25, 0.3) is 0 Å². The largest absolute Gasteiger partial charge is 0.480 e. The molecule has 104 valence electrons. The fourth-order valence-electron chi connectivity index (χ4n) is 2.51. The zero-order chi connectivity index (χ0) is 13.4. The van der Waals surface area contributed by atoms with Crippen molar-refractivity contribution in [2.24, 2.45) is 0 Å². The summed E-state index contributed by atoms with van der Waals surface area (Å²) in [4.78, 5) is 24.9. The molecule has 1 aliphatic heterocycles. The lowest BCUT2D eigenvalue weighted by Crippen LogP contribution is -2.44. The minimum atomic E-state index is -0.848. The van der Waals surface area contributed by atoms with E-state index in [1.807, 2.05) is 0 Å². The first-order valence-electron chi connectivity index (χ1n) is 7.19. The van der Waals surface area contributed by atoms with E-state index in [4.69, 9.17) is 0 Å². The van der Waals surface area contributed by atoms with Crippen LogP contribution < -0.4 is 0 Å². The van der Waals surface area contributed by atoms with Crippen molar-refractivity contribution >= 4 is 11.9 Å². The number of unbranched alkanes of at least 4 members (excludes halogenated alkanes) is 3. The quantitative estimate of drug-likeness (QED) is 0.742. The Morgan fingerprint density at radius 2 is 1.94 bits per heavy atom. The van der Waals surface area contributed by atoms with Crippen LogP contribution in [0.3, 0.4) is 0 Å². The highest BCUT2D eigenvalue weighted by atomic mass is 16.4. The van der Waals surface area contributed by atoms with Crippen LogP contribution in [0.15, 0.2) is 0 Å². The Morgan fingerprint density at radius 1 is 1.17 bits per heavy atom. The normalized spacial score (nSPS) is 20.5. The number of likely N-dealkylation sites (tertiary alicyclic amines) is 1. The van der Waals surface area contributed by atoms with E-state index < -0.39 is 12.0 Å². The summed E-state index contributed by atoms with van der Waals surface area (Å²) in [5, 5.41) is 9.20. The molecule has 1 atom stereocenters. The maximum atomic E-state index is 12.1. The highest BCUT2D eigenvalue weighted by Crippen LogP contribution is 2.19. The number of rotatable bonds is 6. The van der Waals surface area contributed by atoms with Gasteiger partial charge >= 0.3 is 5.97 Å². The Hall–Kier alpha value is -1.06. The Morgan fingerprint density at radius 3 is 2.61 bits per heavy atom. The van der Waals surface area contributed by atoms with Crippen LogP contribution in [-0.4, -0.2) is 34.5 Å². The van der Waals surface area contributed by atoms with Crippen LogP contribution in [0.1, 0.15) is 64.7 Å². The molecular weight excluding hydrogens is 230 g/mol. The Balaban J connectivity index is 2.48. The first kappa shape index (κ1) is 15.0. The molecule has 0 bridgehead atoms. The molecule has 1 fully saturated rings. The molecule has 0 radical (unpaired) electrons. The van der Waals surface area contributed by atoms with E-state index in [1.165, 1.54) is 0 Å². The average Bonchev–Trinajstić information content (AvgIpc) is 2.59. The fraction of sp³-hybridized carbons (Fsp3) is 0.857. The van der Waals surface area contributed by atoms with Gasteiger partial charge in [0.05, 0.1) is 0 Å². The summed E-state index contributed by atoms with van der Waals surface area (Å²) < 4.78 is 0. The molecule has 1 saturated heterocycles. The van der Waals surface area contributed by atoms with Crippen molar-refractivity contribution < 1.29 is 14.7 Å². The molecule has 0 aromatic heterocycles. The lowest BCUT2D eigenvalue weighted by atomic mass is 10.1. The standard InChI is InChI=1S/C14H25NO3/c1-2-3-4-7-10-13(16)15-11-8-5-6-9-12(15)14(17)18/h12H,2-11H2,1H3,(H,17,18). The Bertz CT molecular complexity index is 278. The van der Waals surface area contributed by atoms with Gasteiger partial charge in [-0.3, -0.25) is 4.79 Å². The van der Waals surface area contributed by atoms with E-state index in [-0.39, 0.29) is 5.91 Å². The average molecular weight is 255 g/mol. The van der Waals surface area contributed by atoms with Gasteiger partial charge in [-0.15, -0.1) is 0 Å². The number of aliphatic carboxylic acids is 1. The van der Waals surface area contributed by atoms with Crippen molar-refractivity contribution in [3.05, 3.63) is 0 Å². The number of carbonyl (C=O) groups excluding carboxylic acids is 1. The second-order valence-corrected chi connectivity index (χ2v) is 5.10. The van der Waals surface area contributed by atoms with Crippen molar-refractivity contribution in [1.29, 1.82) is 0 Å². The van der Waals surface area contributed by atoms with E-state index in [2.05, 4.69) is 6.92 Å². The zero-order valence-electron chi connectivity index (χ0n) is 11.4. The van der Waals surface area contributed by atoms with Crippen LogP contribution in [-0.2, 0) is 9.59 Å². The molecule has 0 saturated carbocycles. The number of hydrogen-bond donors (Lipinski definition) is 1. The van der Waals surface area contributed by atoms with Crippen LogP contribution in [0.4, 0.5) is 0 Å². The summed E-state index contributed by atoms with van der Waals surface area (Å²) in [6.07, 6.45) is 8.24. The van der Waals surface area contributed by atoms with E-state index >= 15 is 0 Å². The first-order chi connectivity index (χ1) is 8.66. The molecule has 18 heavy (non-hydrogen) atoms. The minimum absolute atomic E-state index is 0.0282. The number of carbonyl (C=O) groups is 2. The molecule has 1 aliphatic rings.